The molecule has 0 aliphatic carbocycles. The molecule has 172 valence electrons. The van der Waals surface area contributed by atoms with E-state index in [1.54, 1.807) is 50.5 Å². The van der Waals surface area contributed by atoms with Crippen LogP contribution in [0.2, 0.25) is 0 Å². The summed E-state index contributed by atoms with van der Waals surface area (Å²) in [5.74, 6) is 0.424. The Bertz CT molecular complexity index is 1170. The normalized spacial score (nSPS) is 14.1. The molecule has 1 aromatic carbocycles. The first kappa shape index (κ1) is 22.7. The molecule has 2 N–H and O–H groups in total. The lowest BCUT2D eigenvalue weighted by Crippen LogP contribution is -2.40. The molecule has 3 aromatic rings. The first-order valence-electron chi connectivity index (χ1n) is 10.2. The van der Waals surface area contributed by atoms with Crippen LogP contribution in [0.1, 0.15) is 30.7 Å². The number of hydrogen-bond acceptors (Lipinski definition) is 6. The van der Waals surface area contributed by atoms with E-state index < -0.39 is 18.2 Å². The van der Waals surface area contributed by atoms with E-state index in [2.05, 4.69) is 20.3 Å². The molecule has 33 heavy (non-hydrogen) atoms. The second-order valence-electron chi connectivity index (χ2n) is 8.36. The minimum absolute atomic E-state index is 0.00506. The van der Waals surface area contributed by atoms with Gasteiger partial charge in [-0.05, 0) is 37.1 Å². The maximum Gasteiger partial charge on any atom is 0.393 e. The van der Waals surface area contributed by atoms with Crippen LogP contribution < -0.4 is 10.2 Å². The van der Waals surface area contributed by atoms with Gasteiger partial charge in [0, 0.05) is 11.8 Å². The van der Waals surface area contributed by atoms with Gasteiger partial charge in [-0.15, -0.1) is 0 Å². The number of benzene rings is 1. The summed E-state index contributed by atoms with van der Waals surface area (Å²) < 4.78 is 38.3. The summed E-state index contributed by atoms with van der Waals surface area (Å²) in [6.07, 6.45) is -2.24. The topological polar surface area (TPSA) is 91.2 Å². The van der Waals surface area contributed by atoms with E-state index in [1.165, 1.54) is 17.0 Å². The molecule has 0 unspecified atom stereocenters. The summed E-state index contributed by atoms with van der Waals surface area (Å²) in [5, 5.41) is 13.0. The van der Waals surface area contributed by atoms with E-state index in [4.69, 9.17) is 0 Å². The van der Waals surface area contributed by atoms with Crippen molar-refractivity contribution >= 4 is 17.5 Å². The molecule has 1 aliphatic heterocycles. The molecule has 1 amide bonds. The highest BCUT2D eigenvalue weighted by molar-refractivity contribution is 6.00. The van der Waals surface area contributed by atoms with Crippen LogP contribution in [0, 0.1) is 0 Å². The molecule has 0 atom stereocenters. The molecule has 0 fully saturated rings. The van der Waals surface area contributed by atoms with Crippen LogP contribution >= 0.6 is 0 Å². The number of hydrogen-bond donors (Lipinski definition) is 2. The van der Waals surface area contributed by atoms with Gasteiger partial charge in [-0.3, -0.25) is 14.7 Å². The van der Waals surface area contributed by atoms with E-state index in [0.717, 1.165) is 0 Å². The van der Waals surface area contributed by atoms with Gasteiger partial charge < -0.3 is 10.4 Å². The number of fused-ring (bicyclic) bond motifs is 1. The smallest absolute Gasteiger partial charge is 0.384 e. The summed E-state index contributed by atoms with van der Waals surface area (Å²) >= 11 is 0. The fraction of sp³-hybridized carbons (Fsp3) is 0.304. The number of nitrogens with one attached hydrogen (secondary N) is 1. The molecular formula is C23H22F3N5O2. The lowest BCUT2D eigenvalue weighted by atomic mass is 10.0. The van der Waals surface area contributed by atoms with Gasteiger partial charge in [0.05, 0.1) is 37.1 Å². The number of anilines is 2. The Balaban J connectivity index is 1.64. The van der Waals surface area contributed by atoms with Crippen LogP contribution in [0.4, 0.5) is 24.8 Å². The van der Waals surface area contributed by atoms with E-state index in [-0.39, 0.29) is 30.4 Å². The SMILES string of the molecule is CC(C)(O)c1ccc(-c2cnc3c(n2)N(Cc2cccc(CC(F)(F)F)c2)C(=O)CN3)cn1. The predicted molar refractivity (Wildman–Crippen MR) is 116 cm³/mol. The minimum Gasteiger partial charge on any atom is -0.384 e. The molecule has 1 aliphatic rings. The van der Waals surface area contributed by atoms with Crippen LogP contribution in [0.15, 0.2) is 48.8 Å². The van der Waals surface area contributed by atoms with Gasteiger partial charge in [0.15, 0.2) is 11.6 Å². The summed E-state index contributed by atoms with van der Waals surface area (Å²) in [6, 6.07) is 9.50. The monoisotopic (exact) mass is 457 g/mol. The van der Waals surface area contributed by atoms with Gasteiger partial charge in [0.2, 0.25) is 5.91 Å². The van der Waals surface area contributed by atoms with Crippen molar-refractivity contribution in [3.63, 3.8) is 0 Å². The molecule has 0 bridgehead atoms. The Kier molecular flexibility index (Phi) is 5.79. The van der Waals surface area contributed by atoms with Gasteiger partial charge in [-0.25, -0.2) is 9.97 Å². The summed E-state index contributed by atoms with van der Waals surface area (Å²) in [6.45, 7) is 3.33. The third-order valence-corrected chi connectivity index (χ3v) is 5.14. The predicted octanol–water partition coefficient (Wildman–Crippen LogP) is 3.83. The highest BCUT2D eigenvalue weighted by Crippen LogP contribution is 2.30. The number of aromatic nitrogens is 3. The van der Waals surface area contributed by atoms with Crippen LogP contribution in [0.5, 0.6) is 0 Å². The first-order valence-corrected chi connectivity index (χ1v) is 10.2. The van der Waals surface area contributed by atoms with Crippen LogP contribution in [-0.4, -0.2) is 38.7 Å². The Hall–Kier alpha value is -3.53. The molecule has 2 aromatic heterocycles. The number of aliphatic hydroxyl groups is 1. The number of pyridine rings is 1. The highest BCUT2D eigenvalue weighted by atomic mass is 19.4. The third kappa shape index (κ3) is 5.28. The first-order chi connectivity index (χ1) is 15.5. The largest absolute Gasteiger partial charge is 0.393 e. The van der Waals surface area contributed by atoms with E-state index >= 15 is 0 Å². The Morgan fingerprint density at radius 2 is 1.85 bits per heavy atom. The van der Waals surface area contributed by atoms with Crippen molar-refractivity contribution in [3.8, 4) is 11.3 Å². The minimum atomic E-state index is -4.31. The lowest BCUT2D eigenvalue weighted by molar-refractivity contribution is -0.127. The fourth-order valence-electron chi connectivity index (χ4n) is 3.53. The van der Waals surface area contributed by atoms with Crippen molar-refractivity contribution in [2.45, 2.75) is 38.6 Å². The molecular weight excluding hydrogens is 435 g/mol. The zero-order valence-corrected chi connectivity index (χ0v) is 18.0. The van der Waals surface area contributed by atoms with E-state index in [0.29, 0.717) is 28.3 Å². The van der Waals surface area contributed by atoms with Crippen LogP contribution in [-0.2, 0) is 23.4 Å². The van der Waals surface area contributed by atoms with Crippen molar-refractivity contribution in [2.75, 3.05) is 16.8 Å². The van der Waals surface area contributed by atoms with E-state index in [1.807, 2.05) is 0 Å². The zero-order valence-electron chi connectivity index (χ0n) is 18.0. The zero-order chi connectivity index (χ0) is 23.8. The van der Waals surface area contributed by atoms with Crippen molar-refractivity contribution in [1.82, 2.24) is 15.0 Å². The van der Waals surface area contributed by atoms with Gasteiger partial charge in [0.1, 0.15) is 5.60 Å². The maximum absolute atomic E-state index is 12.8. The second kappa shape index (κ2) is 8.43. The van der Waals surface area contributed by atoms with Gasteiger partial charge in [-0.1, -0.05) is 24.3 Å². The molecule has 7 nitrogen and oxygen atoms in total. The second-order valence-corrected chi connectivity index (χ2v) is 8.36. The summed E-state index contributed by atoms with van der Waals surface area (Å²) in [7, 11) is 0. The van der Waals surface area contributed by atoms with Crippen molar-refractivity contribution < 1.29 is 23.1 Å². The average molecular weight is 457 g/mol. The molecule has 0 saturated carbocycles. The van der Waals surface area contributed by atoms with Crippen molar-refractivity contribution in [3.05, 3.63) is 65.6 Å². The molecule has 0 spiro atoms. The molecule has 10 heteroatoms. The van der Waals surface area contributed by atoms with Crippen LogP contribution in [0.3, 0.4) is 0 Å². The summed E-state index contributed by atoms with van der Waals surface area (Å²) in [4.78, 5) is 27.3. The molecule has 3 heterocycles. The Morgan fingerprint density at radius 3 is 2.52 bits per heavy atom. The number of rotatable bonds is 5. The molecule has 4 rings (SSSR count). The lowest BCUT2D eigenvalue weighted by Gasteiger charge is -2.28. The van der Waals surface area contributed by atoms with Crippen molar-refractivity contribution in [2.24, 2.45) is 0 Å². The van der Waals surface area contributed by atoms with Crippen LogP contribution in [0.25, 0.3) is 11.3 Å². The molecule has 0 radical (unpaired) electrons. The quantitative estimate of drug-likeness (QED) is 0.605. The third-order valence-electron chi connectivity index (χ3n) is 5.14. The number of alkyl halides is 3. The van der Waals surface area contributed by atoms with Gasteiger partial charge >= 0.3 is 6.18 Å². The van der Waals surface area contributed by atoms with Crippen molar-refractivity contribution in [1.29, 1.82) is 0 Å². The fourth-order valence-corrected chi connectivity index (χ4v) is 3.53. The van der Waals surface area contributed by atoms with Gasteiger partial charge in [0.25, 0.3) is 0 Å². The number of amides is 1. The van der Waals surface area contributed by atoms with Gasteiger partial charge in [-0.2, -0.15) is 13.2 Å². The Morgan fingerprint density at radius 1 is 1.09 bits per heavy atom. The highest BCUT2D eigenvalue weighted by Gasteiger charge is 2.29. The standard InChI is InChI=1S/C23H22F3N5O2/c1-22(2,33)18-7-6-16(10-27-18)17-11-28-20-21(30-17)31(19(32)12-29-20)13-15-5-3-4-14(8-15)9-23(24,25)26/h3-8,10-11,33H,9,12-13H2,1-2H3,(H,28,29). The number of nitrogens with zero attached hydrogens (tertiary/aromatic N) is 4. The number of carbonyl (C=O) groups is 1. The maximum atomic E-state index is 12.8. The molecule has 0 saturated heterocycles. The Labute approximate surface area is 188 Å². The van der Waals surface area contributed by atoms with E-state index in [9.17, 15) is 23.1 Å². The average Bonchev–Trinajstić information content (AvgIpc) is 2.74. The number of carbonyl (C=O) groups excluding carboxylic acids is 1. The summed E-state index contributed by atoms with van der Waals surface area (Å²) in [5.41, 5.74) is 1.20. The number of halogens is 3.